The summed E-state index contributed by atoms with van der Waals surface area (Å²) in [4.78, 5) is 18.5. The molecular formula is C22H27N7O2+2. The summed E-state index contributed by atoms with van der Waals surface area (Å²) in [7, 11) is 1.91. The van der Waals surface area contributed by atoms with Crippen molar-refractivity contribution in [2.24, 2.45) is 15.8 Å². The number of hydrogen-bond donors (Lipinski definition) is 3. The number of ether oxygens (including phenoxy) is 1. The van der Waals surface area contributed by atoms with Gasteiger partial charge in [-0.3, -0.25) is 0 Å². The van der Waals surface area contributed by atoms with Gasteiger partial charge in [0.05, 0.1) is 24.6 Å². The smallest absolute Gasteiger partial charge is 0.378 e. The summed E-state index contributed by atoms with van der Waals surface area (Å²) in [6, 6.07) is 13.1. The number of carbonyl (C=O) groups excluding carboxylic acids is 1. The van der Waals surface area contributed by atoms with E-state index in [-0.39, 0.29) is 4.59 Å². The summed E-state index contributed by atoms with van der Waals surface area (Å²) in [5.74, 6) is 0.492. The Morgan fingerprint density at radius 1 is 1.23 bits per heavy atom. The van der Waals surface area contributed by atoms with Gasteiger partial charge in [0.1, 0.15) is 13.3 Å². The molecule has 0 saturated carbocycles. The van der Waals surface area contributed by atoms with Crippen LogP contribution < -0.4 is 26.0 Å². The van der Waals surface area contributed by atoms with Crippen molar-refractivity contribution in [2.75, 3.05) is 43.6 Å². The Kier molecular flexibility index (Phi) is 5.53. The number of rotatable bonds is 4. The van der Waals surface area contributed by atoms with Crippen molar-refractivity contribution >= 4 is 46.5 Å². The average Bonchev–Trinajstić information content (AvgIpc) is 3.05. The zero-order valence-electron chi connectivity index (χ0n) is 17.7. The number of nitrogens with zero attached hydrogens (tertiary/aromatic N) is 4. The quantitative estimate of drug-likeness (QED) is 0.644. The number of hydrogen-bond acceptors (Lipinski definition) is 5. The zero-order valence-corrected chi connectivity index (χ0v) is 17.7. The molecule has 5 N–H and O–H groups in total. The summed E-state index contributed by atoms with van der Waals surface area (Å²) < 4.78 is 5.50. The van der Waals surface area contributed by atoms with Crippen LogP contribution in [0.15, 0.2) is 52.6 Å². The second-order valence-electron chi connectivity index (χ2n) is 7.71. The molecule has 2 heterocycles. The van der Waals surface area contributed by atoms with Crippen LogP contribution in [-0.2, 0) is 4.74 Å². The lowest BCUT2D eigenvalue weighted by molar-refractivity contribution is -0.121. The fourth-order valence-electron chi connectivity index (χ4n) is 3.65. The number of amidine groups is 1. The second kappa shape index (κ2) is 8.29. The largest absolute Gasteiger partial charge is 0.419 e. The number of morpholine rings is 1. The highest BCUT2D eigenvalue weighted by Gasteiger charge is 2.44. The van der Waals surface area contributed by atoms with E-state index < -0.39 is 6.03 Å². The number of quaternary nitrogens is 1. The third kappa shape index (κ3) is 4.18. The summed E-state index contributed by atoms with van der Waals surface area (Å²) in [6.45, 7) is 4.93. The Bertz CT molecular complexity index is 1070. The van der Waals surface area contributed by atoms with E-state index in [4.69, 9.17) is 20.9 Å². The van der Waals surface area contributed by atoms with Crippen LogP contribution in [0.2, 0.25) is 0 Å². The Hall–Kier alpha value is -3.56. The van der Waals surface area contributed by atoms with Crippen LogP contribution >= 0.6 is 0 Å². The van der Waals surface area contributed by atoms with Gasteiger partial charge in [-0.15, -0.1) is 0 Å². The van der Waals surface area contributed by atoms with Crippen molar-refractivity contribution in [1.82, 2.24) is 4.59 Å². The maximum atomic E-state index is 11.6. The molecule has 0 spiro atoms. The average molecular weight is 422 g/mol. The lowest BCUT2D eigenvalue weighted by Gasteiger charge is -2.29. The number of primary amides is 1. The van der Waals surface area contributed by atoms with Crippen molar-refractivity contribution in [3.05, 3.63) is 48.0 Å². The van der Waals surface area contributed by atoms with Crippen LogP contribution in [0, 0.1) is 6.92 Å². The van der Waals surface area contributed by atoms with E-state index in [0.29, 0.717) is 36.1 Å². The van der Waals surface area contributed by atoms with Crippen LogP contribution in [0.1, 0.15) is 5.56 Å². The van der Waals surface area contributed by atoms with E-state index in [2.05, 4.69) is 15.3 Å². The van der Waals surface area contributed by atoms with E-state index in [9.17, 15) is 4.79 Å². The lowest BCUT2D eigenvalue weighted by Crippen LogP contribution is -2.60. The standard InChI is InChI=1S/C22H25N7O2/c1-15-3-6-17(7-4-15)29(2)21(23)20(14-25-29)26-18-8-5-16(13-19(18)27-22(24)30)28-9-11-31-12-10-28/h3-8,13-14H,9-12H2,1-2H3,(H3-,23,24,25,27,30)/p+2. The molecule has 2 aliphatic heterocycles. The van der Waals surface area contributed by atoms with Crippen LogP contribution in [0.5, 0.6) is 0 Å². The molecule has 2 amide bonds. The van der Waals surface area contributed by atoms with Crippen molar-refractivity contribution < 1.29 is 14.9 Å². The molecule has 2 aliphatic rings. The van der Waals surface area contributed by atoms with Gasteiger partial charge in [-0.05, 0) is 25.1 Å². The van der Waals surface area contributed by atoms with Gasteiger partial charge < -0.3 is 20.7 Å². The molecule has 0 bridgehead atoms. The van der Waals surface area contributed by atoms with E-state index in [1.807, 2.05) is 56.4 Å². The lowest BCUT2D eigenvalue weighted by atomic mass is 10.2. The first-order valence-corrected chi connectivity index (χ1v) is 10.1. The Morgan fingerprint density at radius 2 is 1.94 bits per heavy atom. The van der Waals surface area contributed by atoms with Crippen LogP contribution in [0.3, 0.4) is 0 Å². The normalized spacial score (nSPS) is 22.2. The highest BCUT2D eigenvalue weighted by molar-refractivity contribution is 6.64. The molecule has 1 atom stereocenters. The number of amides is 2. The predicted octanol–water partition coefficient (Wildman–Crippen LogP) is 1.19. The van der Waals surface area contributed by atoms with E-state index >= 15 is 0 Å². The van der Waals surface area contributed by atoms with Gasteiger partial charge in [-0.1, -0.05) is 27.4 Å². The molecule has 1 saturated heterocycles. The molecule has 2 aromatic rings. The van der Waals surface area contributed by atoms with E-state index in [1.165, 1.54) is 0 Å². The minimum Gasteiger partial charge on any atom is -0.378 e. The number of urea groups is 1. The first-order chi connectivity index (χ1) is 14.9. The monoisotopic (exact) mass is 421 g/mol. The fraction of sp³-hybridized carbons (Fsp3) is 0.273. The first kappa shape index (κ1) is 20.7. The zero-order chi connectivity index (χ0) is 22.0. The Balaban J connectivity index is 1.66. The molecule has 0 radical (unpaired) electrons. The molecule has 4 rings (SSSR count). The predicted molar refractivity (Wildman–Crippen MR) is 124 cm³/mol. The summed E-state index contributed by atoms with van der Waals surface area (Å²) in [6.07, 6.45) is 1.65. The summed E-state index contributed by atoms with van der Waals surface area (Å²) in [5.41, 5.74) is 10.1. The maximum Gasteiger partial charge on any atom is 0.419 e. The summed E-state index contributed by atoms with van der Waals surface area (Å²) >= 11 is 0. The van der Waals surface area contributed by atoms with Gasteiger partial charge in [-0.25, -0.2) is 15.2 Å². The molecule has 31 heavy (non-hydrogen) atoms. The number of nitrogens with two attached hydrogens (primary N) is 2. The van der Waals surface area contributed by atoms with Gasteiger partial charge >= 0.3 is 11.9 Å². The molecule has 0 aliphatic carbocycles. The van der Waals surface area contributed by atoms with Crippen molar-refractivity contribution in [3.8, 4) is 0 Å². The third-order valence-corrected chi connectivity index (χ3v) is 5.53. The Morgan fingerprint density at radius 3 is 2.61 bits per heavy atom. The molecule has 160 valence electrons. The van der Waals surface area contributed by atoms with Gasteiger partial charge in [-0.2, -0.15) is 0 Å². The van der Waals surface area contributed by atoms with Gasteiger partial charge in [0.15, 0.2) is 5.69 Å². The SMILES string of the molecule is Cc1ccc([N+]2(C)N=CC(=Nc3ccc(N4CCOCC4)cc3NC(N)=O)C2=[NH2+])cc1. The topological polar surface area (TPSA) is 118 Å². The Labute approximate surface area is 180 Å². The number of aliphatic imine (C=N–C) groups is 1. The molecule has 2 aromatic carbocycles. The fourth-order valence-corrected chi connectivity index (χ4v) is 3.65. The number of benzene rings is 2. The maximum absolute atomic E-state index is 11.6. The number of aryl methyl sites for hydroxylation is 1. The van der Waals surface area contributed by atoms with Crippen LogP contribution in [0.25, 0.3) is 0 Å². The van der Waals surface area contributed by atoms with Crippen LogP contribution in [0.4, 0.5) is 27.5 Å². The van der Waals surface area contributed by atoms with Crippen LogP contribution in [-0.4, -0.2) is 57.1 Å². The molecule has 1 fully saturated rings. The summed E-state index contributed by atoms with van der Waals surface area (Å²) in [5, 5.41) is 13.7. The van der Waals surface area contributed by atoms with E-state index in [1.54, 1.807) is 6.21 Å². The second-order valence-corrected chi connectivity index (χ2v) is 7.71. The highest BCUT2D eigenvalue weighted by atomic mass is 16.5. The first-order valence-electron chi connectivity index (χ1n) is 10.1. The van der Waals surface area contributed by atoms with Crippen molar-refractivity contribution in [1.29, 1.82) is 0 Å². The molecule has 0 aromatic heterocycles. The van der Waals surface area contributed by atoms with Crippen molar-refractivity contribution in [3.63, 3.8) is 0 Å². The highest BCUT2D eigenvalue weighted by Crippen LogP contribution is 2.32. The number of carbonyl (C=O) groups is 1. The van der Waals surface area contributed by atoms with Gasteiger partial charge in [0.25, 0.3) is 0 Å². The van der Waals surface area contributed by atoms with Gasteiger partial charge in [0.2, 0.25) is 5.71 Å². The molecule has 9 heteroatoms. The minimum absolute atomic E-state index is 0.0869. The molecule has 1 unspecified atom stereocenters. The molecular weight excluding hydrogens is 394 g/mol. The minimum atomic E-state index is -0.655. The van der Waals surface area contributed by atoms with Crippen molar-refractivity contribution in [2.45, 2.75) is 6.92 Å². The van der Waals surface area contributed by atoms with Gasteiger partial charge in [0, 0.05) is 30.9 Å². The third-order valence-electron chi connectivity index (χ3n) is 5.53. The number of anilines is 2. The van der Waals surface area contributed by atoms with E-state index in [0.717, 1.165) is 30.0 Å². The molecule has 9 nitrogen and oxygen atoms in total. The number of nitrogens with one attached hydrogen (secondary N) is 1.